The average Bonchev–Trinajstić information content (AvgIpc) is 2.90. The van der Waals surface area contributed by atoms with Crippen molar-refractivity contribution in [2.75, 3.05) is 7.11 Å². The predicted octanol–water partition coefficient (Wildman–Crippen LogP) is 1.90. The fourth-order valence-corrected chi connectivity index (χ4v) is 1.53. The second-order valence-electron chi connectivity index (χ2n) is 3.63. The molecule has 1 aromatic heterocycles. The van der Waals surface area contributed by atoms with Crippen molar-refractivity contribution in [2.45, 2.75) is 0 Å². The molecule has 2 rings (SSSR count). The highest BCUT2D eigenvalue weighted by atomic mass is 16.6. The molecule has 1 heterocycles. The molecule has 0 aliphatic rings. The van der Waals surface area contributed by atoms with E-state index in [0.29, 0.717) is 5.69 Å². The number of azide groups is 1. The predicted molar refractivity (Wildman–Crippen MR) is 68.2 cm³/mol. The Morgan fingerprint density at radius 1 is 1.48 bits per heavy atom. The number of non-ortho nitro benzene ring substituents is 1. The van der Waals surface area contributed by atoms with E-state index in [1.165, 1.54) is 24.3 Å². The molecule has 0 fully saturated rings. The summed E-state index contributed by atoms with van der Waals surface area (Å²) >= 11 is 0. The second-order valence-corrected chi connectivity index (χ2v) is 3.63. The van der Waals surface area contributed by atoms with E-state index in [1.807, 2.05) is 0 Å². The molecule has 106 valence electrons. The number of aromatic nitrogens is 3. The molecule has 0 aliphatic heterocycles. The minimum absolute atomic E-state index is 0.114. The van der Waals surface area contributed by atoms with Crippen LogP contribution in [0.25, 0.3) is 16.1 Å². The van der Waals surface area contributed by atoms with Crippen molar-refractivity contribution in [1.29, 1.82) is 0 Å². The fourth-order valence-electron chi connectivity index (χ4n) is 1.53. The first-order chi connectivity index (χ1) is 10.1. The Morgan fingerprint density at radius 3 is 2.67 bits per heavy atom. The second kappa shape index (κ2) is 5.67. The highest BCUT2D eigenvalue weighted by Gasteiger charge is 2.20. The maximum absolute atomic E-state index is 11.5. The number of methoxy groups -OCH3 is 1. The van der Waals surface area contributed by atoms with E-state index in [1.54, 1.807) is 0 Å². The molecule has 0 radical (unpaired) electrons. The van der Waals surface area contributed by atoms with Crippen LogP contribution in [0.2, 0.25) is 0 Å². The number of hydrogen-bond acceptors (Lipinski definition) is 7. The van der Waals surface area contributed by atoms with Crippen LogP contribution in [0.4, 0.5) is 11.5 Å². The van der Waals surface area contributed by atoms with Crippen LogP contribution >= 0.6 is 0 Å². The van der Waals surface area contributed by atoms with Crippen molar-refractivity contribution in [2.24, 2.45) is 5.11 Å². The number of nitro groups is 1. The van der Waals surface area contributed by atoms with Gasteiger partial charge >= 0.3 is 5.97 Å². The third-order valence-electron chi connectivity index (χ3n) is 2.47. The van der Waals surface area contributed by atoms with Crippen molar-refractivity contribution in [1.82, 2.24) is 15.0 Å². The average molecular weight is 289 g/mol. The normalized spacial score (nSPS) is 9.76. The monoisotopic (exact) mass is 289 g/mol. The van der Waals surface area contributed by atoms with E-state index in [9.17, 15) is 14.9 Å². The number of hydrogen-bond donors (Lipinski definition) is 0. The number of rotatable bonds is 4. The molecular weight excluding hydrogens is 282 g/mol. The molecule has 0 spiro atoms. The number of esters is 1. The standard InChI is InChI=1S/C10H7N7O4/c1-21-10(18)8-9(13-14-11)16(15-12-8)6-2-4-7(5-3-6)17(19)20/h2-5H,1H3. The van der Waals surface area contributed by atoms with Crippen molar-refractivity contribution in [3.05, 3.63) is 50.5 Å². The maximum Gasteiger partial charge on any atom is 0.360 e. The Bertz CT molecular complexity index is 745. The number of ether oxygens (including phenoxy) is 1. The fraction of sp³-hybridized carbons (Fsp3) is 0.100. The topological polar surface area (TPSA) is 149 Å². The van der Waals surface area contributed by atoms with Gasteiger partial charge < -0.3 is 4.74 Å². The minimum atomic E-state index is -0.814. The van der Waals surface area contributed by atoms with Gasteiger partial charge in [0.15, 0.2) is 5.82 Å². The number of nitro benzene ring substituents is 1. The lowest BCUT2D eigenvalue weighted by Gasteiger charge is -2.02. The molecule has 0 unspecified atom stereocenters. The van der Waals surface area contributed by atoms with Gasteiger partial charge in [0.25, 0.3) is 5.69 Å². The van der Waals surface area contributed by atoms with E-state index in [4.69, 9.17) is 5.53 Å². The number of nitrogens with zero attached hydrogens (tertiary/aromatic N) is 7. The van der Waals surface area contributed by atoms with Crippen LogP contribution in [0.15, 0.2) is 29.4 Å². The lowest BCUT2D eigenvalue weighted by atomic mass is 10.3. The first-order valence-corrected chi connectivity index (χ1v) is 5.42. The molecule has 11 heteroatoms. The van der Waals surface area contributed by atoms with E-state index in [2.05, 4.69) is 25.1 Å². The molecule has 21 heavy (non-hydrogen) atoms. The van der Waals surface area contributed by atoms with E-state index in [0.717, 1.165) is 11.8 Å². The van der Waals surface area contributed by atoms with Crippen LogP contribution in [0, 0.1) is 10.1 Å². The van der Waals surface area contributed by atoms with Crippen LogP contribution in [0.1, 0.15) is 10.5 Å². The Kier molecular flexibility index (Phi) is 3.77. The van der Waals surface area contributed by atoms with Gasteiger partial charge in [-0.1, -0.05) is 5.21 Å². The number of carbonyl (C=O) groups is 1. The van der Waals surface area contributed by atoms with Crippen molar-refractivity contribution >= 4 is 17.5 Å². The largest absolute Gasteiger partial charge is 0.464 e. The molecule has 0 atom stereocenters. The minimum Gasteiger partial charge on any atom is -0.464 e. The summed E-state index contributed by atoms with van der Waals surface area (Å²) in [7, 11) is 1.15. The summed E-state index contributed by atoms with van der Waals surface area (Å²) in [5, 5.41) is 21.2. The molecule has 11 nitrogen and oxygen atoms in total. The van der Waals surface area contributed by atoms with Gasteiger partial charge in [0.05, 0.1) is 17.7 Å². The Hall–Kier alpha value is -3.46. The number of carbonyl (C=O) groups excluding carboxylic acids is 1. The summed E-state index contributed by atoms with van der Waals surface area (Å²) in [6, 6.07) is 5.25. The summed E-state index contributed by atoms with van der Waals surface area (Å²) in [5.41, 5.74) is 8.52. The summed E-state index contributed by atoms with van der Waals surface area (Å²) in [6.07, 6.45) is 0. The van der Waals surface area contributed by atoms with E-state index in [-0.39, 0.29) is 17.2 Å². The lowest BCUT2D eigenvalue weighted by molar-refractivity contribution is -0.384. The zero-order valence-electron chi connectivity index (χ0n) is 10.6. The first-order valence-electron chi connectivity index (χ1n) is 5.42. The van der Waals surface area contributed by atoms with Crippen LogP contribution in [-0.2, 0) is 4.74 Å². The Balaban J connectivity index is 2.53. The molecule has 2 aromatic rings. The van der Waals surface area contributed by atoms with Gasteiger partial charge in [0, 0.05) is 17.0 Å². The zero-order valence-corrected chi connectivity index (χ0v) is 10.6. The third-order valence-corrected chi connectivity index (χ3v) is 2.47. The molecule has 0 saturated carbocycles. The van der Waals surface area contributed by atoms with Crippen molar-refractivity contribution in [3.8, 4) is 5.69 Å². The molecule has 0 amide bonds. The zero-order chi connectivity index (χ0) is 15.4. The summed E-state index contributed by atoms with van der Waals surface area (Å²) in [6.45, 7) is 0. The highest BCUT2D eigenvalue weighted by molar-refractivity contribution is 5.91. The lowest BCUT2D eigenvalue weighted by Crippen LogP contribution is -2.02. The van der Waals surface area contributed by atoms with Gasteiger partial charge in [-0.05, 0) is 22.8 Å². The van der Waals surface area contributed by atoms with E-state index < -0.39 is 10.9 Å². The third kappa shape index (κ3) is 2.62. The van der Waals surface area contributed by atoms with Gasteiger partial charge in [-0.15, -0.1) is 5.10 Å². The first kappa shape index (κ1) is 14.0. The van der Waals surface area contributed by atoms with Gasteiger partial charge in [0.1, 0.15) is 0 Å². The molecular formula is C10H7N7O4. The van der Waals surface area contributed by atoms with Crippen LogP contribution < -0.4 is 0 Å². The summed E-state index contributed by atoms with van der Waals surface area (Å²) < 4.78 is 5.57. The molecule has 0 bridgehead atoms. The number of benzene rings is 1. The molecule has 0 N–H and O–H groups in total. The van der Waals surface area contributed by atoms with E-state index >= 15 is 0 Å². The van der Waals surface area contributed by atoms with Gasteiger partial charge in [-0.2, -0.15) is 0 Å². The van der Waals surface area contributed by atoms with Gasteiger partial charge in [0.2, 0.25) is 5.69 Å². The Morgan fingerprint density at radius 2 is 2.14 bits per heavy atom. The smallest absolute Gasteiger partial charge is 0.360 e. The van der Waals surface area contributed by atoms with Gasteiger partial charge in [-0.25, -0.2) is 9.48 Å². The van der Waals surface area contributed by atoms with Crippen LogP contribution in [0.5, 0.6) is 0 Å². The molecule has 0 saturated heterocycles. The SMILES string of the molecule is COC(=O)c1nnn(-c2ccc([N+](=O)[O-])cc2)c1N=[N+]=[N-]. The van der Waals surface area contributed by atoms with Crippen molar-refractivity contribution in [3.63, 3.8) is 0 Å². The highest BCUT2D eigenvalue weighted by Crippen LogP contribution is 2.23. The van der Waals surface area contributed by atoms with Crippen molar-refractivity contribution < 1.29 is 14.5 Å². The molecule has 0 aliphatic carbocycles. The maximum atomic E-state index is 11.5. The summed E-state index contributed by atoms with van der Waals surface area (Å²) in [4.78, 5) is 24.1. The van der Waals surface area contributed by atoms with Gasteiger partial charge in [-0.3, -0.25) is 10.1 Å². The molecule has 1 aromatic carbocycles. The Labute approximate surface area is 116 Å². The quantitative estimate of drug-likeness (QED) is 0.209. The van der Waals surface area contributed by atoms with Crippen LogP contribution in [-0.4, -0.2) is 33.0 Å². The van der Waals surface area contributed by atoms with Crippen LogP contribution in [0.3, 0.4) is 0 Å². The summed E-state index contributed by atoms with van der Waals surface area (Å²) in [5.74, 6) is -0.983.